The highest BCUT2D eigenvalue weighted by molar-refractivity contribution is 8.00. The van der Waals surface area contributed by atoms with Crippen molar-refractivity contribution in [3.05, 3.63) is 29.8 Å². The van der Waals surface area contributed by atoms with Gasteiger partial charge in [-0.15, -0.1) is 11.8 Å². The molecule has 82 valence electrons. The first kappa shape index (κ1) is 11.0. The molecule has 0 unspecified atom stereocenters. The van der Waals surface area contributed by atoms with E-state index in [0.717, 1.165) is 19.6 Å². The maximum atomic E-state index is 5.96. The SMILES string of the molecule is CC[C@@H](N)c1ccc(SC2COC2)cc1. The lowest BCUT2D eigenvalue weighted by Gasteiger charge is -2.25. The topological polar surface area (TPSA) is 35.2 Å². The Kier molecular flexibility index (Phi) is 3.67. The fourth-order valence-electron chi connectivity index (χ4n) is 1.50. The predicted octanol–water partition coefficient (Wildman–Crippen LogP) is 2.59. The van der Waals surface area contributed by atoms with Gasteiger partial charge in [-0.3, -0.25) is 0 Å². The quantitative estimate of drug-likeness (QED) is 0.852. The molecule has 2 rings (SSSR count). The number of thioether (sulfide) groups is 1. The Hall–Kier alpha value is -0.510. The molecule has 0 spiro atoms. The molecule has 1 atom stereocenters. The van der Waals surface area contributed by atoms with Crippen LogP contribution in [0.4, 0.5) is 0 Å². The van der Waals surface area contributed by atoms with Crippen LogP contribution in [0.15, 0.2) is 29.2 Å². The monoisotopic (exact) mass is 223 g/mol. The summed E-state index contributed by atoms with van der Waals surface area (Å²) in [4.78, 5) is 1.32. The smallest absolute Gasteiger partial charge is 0.0611 e. The number of rotatable bonds is 4. The van der Waals surface area contributed by atoms with E-state index < -0.39 is 0 Å². The molecule has 15 heavy (non-hydrogen) atoms. The van der Waals surface area contributed by atoms with Crippen LogP contribution in [0.5, 0.6) is 0 Å². The Morgan fingerprint density at radius 2 is 2.07 bits per heavy atom. The fourth-order valence-corrected chi connectivity index (χ4v) is 2.51. The van der Waals surface area contributed by atoms with Crippen molar-refractivity contribution >= 4 is 11.8 Å². The predicted molar refractivity (Wildman–Crippen MR) is 64.1 cm³/mol. The van der Waals surface area contributed by atoms with Crippen LogP contribution in [0.1, 0.15) is 24.9 Å². The van der Waals surface area contributed by atoms with Gasteiger partial charge in [-0.25, -0.2) is 0 Å². The van der Waals surface area contributed by atoms with Gasteiger partial charge in [0.15, 0.2) is 0 Å². The van der Waals surface area contributed by atoms with Crippen LogP contribution in [0.3, 0.4) is 0 Å². The van der Waals surface area contributed by atoms with E-state index in [1.165, 1.54) is 10.5 Å². The highest BCUT2D eigenvalue weighted by Crippen LogP contribution is 2.28. The molecule has 2 nitrogen and oxygen atoms in total. The molecule has 0 amide bonds. The van der Waals surface area contributed by atoms with E-state index >= 15 is 0 Å². The number of hydrogen-bond acceptors (Lipinski definition) is 3. The molecule has 0 saturated carbocycles. The van der Waals surface area contributed by atoms with Crippen LogP contribution in [0, 0.1) is 0 Å². The van der Waals surface area contributed by atoms with E-state index in [-0.39, 0.29) is 6.04 Å². The Morgan fingerprint density at radius 3 is 2.53 bits per heavy atom. The first-order chi connectivity index (χ1) is 7.29. The third-order valence-corrected chi connectivity index (χ3v) is 3.81. The van der Waals surface area contributed by atoms with E-state index in [0.29, 0.717) is 5.25 Å². The van der Waals surface area contributed by atoms with Gasteiger partial charge in [0.1, 0.15) is 0 Å². The summed E-state index contributed by atoms with van der Waals surface area (Å²) in [5.74, 6) is 0. The van der Waals surface area contributed by atoms with Gasteiger partial charge in [0.2, 0.25) is 0 Å². The van der Waals surface area contributed by atoms with Crippen molar-refractivity contribution in [3.8, 4) is 0 Å². The van der Waals surface area contributed by atoms with Crippen molar-refractivity contribution in [1.29, 1.82) is 0 Å². The van der Waals surface area contributed by atoms with Gasteiger partial charge >= 0.3 is 0 Å². The zero-order valence-electron chi connectivity index (χ0n) is 8.98. The zero-order chi connectivity index (χ0) is 10.7. The van der Waals surface area contributed by atoms with Crippen molar-refractivity contribution in [2.75, 3.05) is 13.2 Å². The van der Waals surface area contributed by atoms with Crippen LogP contribution in [0.25, 0.3) is 0 Å². The zero-order valence-corrected chi connectivity index (χ0v) is 9.80. The molecular formula is C12H17NOS. The van der Waals surface area contributed by atoms with Crippen LogP contribution < -0.4 is 5.73 Å². The van der Waals surface area contributed by atoms with Gasteiger partial charge in [-0.1, -0.05) is 19.1 Å². The summed E-state index contributed by atoms with van der Waals surface area (Å²) < 4.78 is 5.15. The summed E-state index contributed by atoms with van der Waals surface area (Å²) in [5, 5.41) is 0.649. The van der Waals surface area contributed by atoms with Crippen LogP contribution >= 0.6 is 11.8 Å². The molecule has 3 heteroatoms. The average Bonchev–Trinajstić information content (AvgIpc) is 2.23. The number of nitrogens with two attached hydrogens (primary N) is 1. The van der Waals surface area contributed by atoms with Crippen LogP contribution in [-0.2, 0) is 4.74 Å². The minimum Gasteiger partial charge on any atom is -0.379 e. The maximum absolute atomic E-state index is 5.96. The van der Waals surface area contributed by atoms with Crippen molar-refractivity contribution in [3.63, 3.8) is 0 Å². The van der Waals surface area contributed by atoms with Gasteiger partial charge in [-0.05, 0) is 24.1 Å². The molecule has 2 N–H and O–H groups in total. The van der Waals surface area contributed by atoms with Gasteiger partial charge in [0, 0.05) is 10.9 Å². The second kappa shape index (κ2) is 5.01. The molecule has 0 aromatic heterocycles. The number of benzene rings is 1. The van der Waals surface area contributed by atoms with E-state index in [4.69, 9.17) is 10.5 Å². The largest absolute Gasteiger partial charge is 0.379 e. The average molecular weight is 223 g/mol. The van der Waals surface area contributed by atoms with Gasteiger partial charge in [0.05, 0.1) is 18.5 Å². The summed E-state index contributed by atoms with van der Waals surface area (Å²) in [6, 6.07) is 8.77. The first-order valence-electron chi connectivity index (χ1n) is 5.39. The molecule has 1 saturated heterocycles. The normalized spacial score (nSPS) is 18.5. The second-order valence-corrected chi connectivity index (χ2v) is 5.23. The van der Waals surface area contributed by atoms with E-state index in [9.17, 15) is 0 Å². The Labute approximate surface area is 95.2 Å². The minimum absolute atomic E-state index is 0.177. The lowest BCUT2D eigenvalue weighted by Crippen LogP contribution is -2.29. The summed E-state index contributed by atoms with van der Waals surface area (Å²) >= 11 is 1.89. The van der Waals surface area contributed by atoms with Crippen molar-refractivity contribution in [2.45, 2.75) is 29.5 Å². The van der Waals surface area contributed by atoms with Gasteiger partial charge < -0.3 is 10.5 Å². The fraction of sp³-hybridized carbons (Fsp3) is 0.500. The molecule has 1 heterocycles. The number of hydrogen-bond donors (Lipinski definition) is 1. The molecule has 0 aliphatic carbocycles. The van der Waals surface area contributed by atoms with Gasteiger partial charge in [-0.2, -0.15) is 0 Å². The number of ether oxygens (including phenoxy) is 1. The Balaban J connectivity index is 1.96. The lowest BCUT2D eigenvalue weighted by atomic mass is 10.1. The molecule has 1 aliphatic rings. The molecular weight excluding hydrogens is 206 g/mol. The van der Waals surface area contributed by atoms with E-state index in [2.05, 4.69) is 31.2 Å². The summed E-state index contributed by atoms with van der Waals surface area (Å²) in [6.45, 7) is 3.89. The molecule has 1 aromatic carbocycles. The van der Waals surface area contributed by atoms with Crippen LogP contribution in [-0.4, -0.2) is 18.5 Å². The third-order valence-electron chi connectivity index (χ3n) is 2.66. The molecule has 1 aromatic rings. The summed E-state index contributed by atoms with van der Waals surface area (Å²) in [5.41, 5.74) is 7.18. The van der Waals surface area contributed by atoms with Gasteiger partial charge in [0.25, 0.3) is 0 Å². The van der Waals surface area contributed by atoms with E-state index in [1.54, 1.807) is 0 Å². The van der Waals surface area contributed by atoms with Crippen LogP contribution in [0.2, 0.25) is 0 Å². The highest BCUT2D eigenvalue weighted by Gasteiger charge is 2.19. The van der Waals surface area contributed by atoms with Crippen molar-refractivity contribution in [2.24, 2.45) is 5.73 Å². The first-order valence-corrected chi connectivity index (χ1v) is 6.27. The third kappa shape index (κ3) is 2.74. The van der Waals surface area contributed by atoms with Crippen molar-refractivity contribution in [1.82, 2.24) is 0 Å². The lowest BCUT2D eigenvalue weighted by molar-refractivity contribution is 0.0455. The summed E-state index contributed by atoms with van der Waals surface area (Å²) in [7, 11) is 0. The molecule has 0 bridgehead atoms. The Bertz CT molecular complexity index is 308. The minimum atomic E-state index is 0.177. The molecule has 0 radical (unpaired) electrons. The van der Waals surface area contributed by atoms with Crippen molar-refractivity contribution < 1.29 is 4.74 Å². The highest BCUT2D eigenvalue weighted by atomic mass is 32.2. The summed E-state index contributed by atoms with van der Waals surface area (Å²) in [6.07, 6.45) is 0.989. The standard InChI is InChI=1S/C12H17NOS/c1-2-12(13)9-3-5-10(6-4-9)15-11-7-14-8-11/h3-6,11-12H,2,7-8,13H2,1H3/t12-/m1/s1. The second-order valence-electron chi connectivity index (χ2n) is 3.86. The molecule has 1 aliphatic heterocycles. The Morgan fingerprint density at radius 1 is 1.40 bits per heavy atom. The maximum Gasteiger partial charge on any atom is 0.0611 e. The molecule has 1 fully saturated rings. The van der Waals surface area contributed by atoms with E-state index in [1.807, 2.05) is 11.8 Å².